The number of aromatic amines is 1. The van der Waals surface area contributed by atoms with Crippen molar-refractivity contribution in [3.63, 3.8) is 0 Å². The van der Waals surface area contributed by atoms with Crippen LogP contribution in [0.1, 0.15) is 11.4 Å². The molecule has 32 heavy (non-hydrogen) atoms. The Bertz CT molecular complexity index is 1180. The van der Waals surface area contributed by atoms with Crippen molar-refractivity contribution in [3.8, 4) is 23.3 Å². The molecule has 3 rings (SSSR count). The van der Waals surface area contributed by atoms with Crippen LogP contribution in [0.3, 0.4) is 0 Å². The molecule has 0 aliphatic rings. The minimum atomic E-state index is -0.716. The lowest BCUT2D eigenvalue weighted by Gasteiger charge is -2.12. The summed E-state index contributed by atoms with van der Waals surface area (Å²) in [6.45, 7) is -0.488. The predicted molar refractivity (Wildman–Crippen MR) is 117 cm³/mol. The van der Waals surface area contributed by atoms with Crippen LogP contribution in [0.5, 0.6) is 17.2 Å². The number of aromatic nitrogens is 2. The van der Waals surface area contributed by atoms with E-state index in [1.54, 1.807) is 24.3 Å². The molecule has 2 aromatic carbocycles. The quantitative estimate of drug-likeness (QED) is 0.238. The molecule has 0 radical (unpaired) electrons. The number of para-hydroxylation sites is 2. The van der Waals surface area contributed by atoms with E-state index >= 15 is 0 Å². The second-order valence-electron chi connectivity index (χ2n) is 6.44. The SMILES string of the molecule is COc1cc(C=CC(=O)OC/C(O)=C(\C#N)c2nc3ccccc3[nH]2)cc(OC)c1OC. The number of benzene rings is 2. The molecule has 0 saturated heterocycles. The Kier molecular flexibility index (Phi) is 6.98. The number of esters is 1. The van der Waals surface area contributed by atoms with Gasteiger partial charge in [0.1, 0.15) is 18.2 Å². The minimum absolute atomic E-state index is 0.109. The number of methoxy groups -OCH3 is 3. The van der Waals surface area contributed by atoms with E-state index in [-0.39, 0.29) is 11.4 Å². The smallest absolute Gasteiger partial charge is 0.331 e. The number of ether oxygens (including phenoxy) is 4. The summed E-state index contributed by atoms with van der Waals surface area (Å²) in [6, 6.07) is 12.4. The normalized spacial score (nSPS) is 11.7. The molecular formula is C23H21N3O6. The highest BCUT2D eigenvalue weighted by atomic mass is 16.5. The topological polar surface area (TPSA) is 127 Å². The van der Waals surface area contributed by atoms with E-state index in [2.05, 4.69) is 9.97 Å². The van der Waals surface area contributed by atoms with Crippen molar-refractivity contribution >= 4 is 28.7 Å². The molecule has 2 N–H and O–H groups in total. The number of imidazole rings is 1. The van der Waals surface area contributed by atoms with Crippen LogP contribution < -0.4 is 14.2 Å². The monoisotopic (exact) mass is 435 g/mol. The van der Waals surface area contributed by atoms with Crippen molar-refractivity contribution in [3.05, 3.63) is 59.6 Å². The van der Waals surface area contributed by atoms with E-state index in [0.717, 1.165) is 0 Å². The Hall–Kier alpha value is -4.45. The molecule has 0 unspecified atom stereocenters. The van der Waals surface area contributed by atoms with Gasteiger partial charge in [0, 0.05) is 6.08 Å². The summed E-state index contributed by atoms with van der Waals surface area (Å²) in [5.41, 5.74) is 1.86. The van der Waals surface area contributed by atoms with Crippen molar-refractivity contribution < 1.29 is 28.8 Å². The van der Waals surface area contributed by atoms with Gasteiger partial charge in [-0.1, -0.05) is 12.1 Å². The first-order valence-corrected chi connectivity index (χ1v) is 9.42. The number of carbonyl (C=O) groups excluding carboxylic acids is 1. The summed E-state index contributed by atoms with van der Waals surface area (Å²) in [5.74, 6) is 0.359. The number of fused-ring (bicyclic) bond motifs is 1. The molecule has 0 bridgehead atoms. The van der Waals surface area contributed by atoms with E-state index in [1.807, 2.05) is 18.2 Å². The number of nitrogens with one attached hydrogen (secondary N) is 1. The van der Waals surface area contributed by atoms with E-state index in [4.69, 9.17) is 18.9 Å². The van der Waals surface area contributed by atoms with Crippen molar-refractivity contribution in [1.82, 2.24) is 9.97 Å². The molecule has 0 fully saturated rings. The standard InChI is InChI=1S/C23H21N3O6/c1-29-19-10-14(11-20(30-2)22(19)31-3)8-9-21(28)32-13-18(27)15(12-24)23-25-16-6-4-5-7-17(16)26-23/h4-11,27H,13H2,1-3H3,(H,25,26)/b9-8?,18-15-. The third-order valence-corrected chi connectivity index (χ3v) is 4.48. The van der Waals surface area contributed by atoms with Crippen molar-refractivity contribution in [2.45, 2.75) is 0 Å². The molecule has 164 valence electrons. The number of hydrogen-bond acceptors (Lipinski definition) is 8. The van der Waals surface area contributed by atoms with Crippen LogP contribution in [0.25, 0.3) is 22.7 Å². The van der Waals surface area contributed by atoms with Crippen LogP contribution in [0, 0.1) is 11.3 Å². The van der Waals surface area contributed by atoms with Gasteiger partial charge >= 0.3 is 5.97 Å². The highest BCUT2D eigenvalue weighted by Gasteiger charge is 2.15. The lowest BCUT2D eigenvalue weighted by atomic mass is 10.1. The van der Waals surface area contributed by atoms with Crippen LogP contribution >= 0.6 is 0 Å². The number of nitrogens with zero attached hydrogens (tertiary/aromatic N) is 2. The van der Waals surface area contributed by atoms with E-state index < -0.39 is 18.3 Å². The van der Waals surface area contributed by atoms with Gasteiger partial charge in [-0.25, -0.2) is 9.78 Å². The zero-order valence-corrected chi connectivity index (χ0v) is 17.7. The molecule has 9 nitrogen and oxygen atoms in total. The highest BCUT2D eigenvalue weighted by molar-refractivity contribution is 5.88. The van der Waals surface area contributed by atoms with Crippen LogP contribution in [-0.4, -0.2) is 49.0 Å². The average Bonchev–Trinajstić information content (AvgIpc) is 3.24. The Morgan fingerprint density at radius 2 is 1.84 bits per heavy atom. The van der Waals surface area contributed by atoms with Gasteiger partial charge < -0.3 is 29.0 Å². The molecule has 9 heteroatoms. The zero-order chi connectivity index (χ0) is 23.1. The second kappa shape index (κ2) is 10.0. The molecule has 0 aliphatic heterocycles. The molecule has 0 spiro atoms. The van der Waals surface area contributed by atoms with E-state index in [1.165, 1.54) is 33.5 Å². The molecule has 0 amide bonds. The van der Waals surface area contributed by atoms with Gasteiger partial charge in [0.25, 0.3) is 0 Å². The van der Waals surface area contributed by atoms with Gasteiger partial charge in [0.15, 0.2) is 23.1 Å². The maximum Gasteiger partial charge on any atom is 0.331 e. The summed E-state index contributed by atoms with van der Waals surface area (Å²) < 4.78 is 20.9. The first-order valence-electron chi connectivity index (χ1n) is 9.42. The number of H-pyrrole nitrogens is 1. The van der Waals surface area contributed by atoms with Crippen molar-refractivity contribution in [2.24, 2.45) is 0 Å². The molecule has 0 aliphatic carbocycles. The fourth-order valence-electron chi connectivity index (χ4n) is 2.95. The Morgan fingerprint density at radius 3 is 2.44 bits per heavy atom. The lowest BCUT2D eigenvalue weighted by molar-refractivity contribution is -0.137. The van der Waals surface area contributed by atoms with Crippen molar-refractivity contribution in [2.75, 3.05) is 27.9 Å². The number of rotatable bonds is 8. The molecule has 3 aromatic rings. The molecule has 0 atom stereocenters. The number of nitriles is 1. The van der Waals surface area contributed by atoms with Crippen LogP contribution in [-0.2, 0) is 9.53 Å². The maximum atomic E-state index is 12.1. The van der Waals surface area contributed by atoms with E-state index in [9.17, 15) is 15.2 Å². The van der Waals surface area contributed by atoms with Crippen molar-refractivity contribution in [1.29, 1.82) is 5.26 Å². The van der Waals surface area contributed by atoms with Gasteiger partial charge in [0.05, 0.1) is 32.4 Å². The van der Waals surface area contributed by atoms with Crippen LogP contribution in [0.4, 0.5) is 0 Å². The first-order chi connectivity index (χ1) is 15.5. The third kappa shape index (κ3) is 4.82. The first kappa shape index (κ1) is 22.2. The third-order valence-electron chi connectivity index (χ3n) is 4.48. The second-order valence-corrected chi connectivity index (χ2v) is 6.44. The number of allylic oxidation sites excluding steroid dienone is 1. The number of carbonyl (C=O) groups is 1. The fourth-order valence-corrected chi connectivity index (χ4v) is 2.95. The summed E-state index contributed by atoms with van der Waals surface area (Å²) >= 11 is 0. The van der Waals surface area contributed by atoms with Gasteiger partial charge in [-0.2, -0.15) is 5.26 Å². The summed E-state index contributed by atoms with van der Waals surface area (Å²) in [7, 11) is 4.47. The van der Waals surface area contributed by atoms with Gasteiger partial charge in [0.2, 0.25) is 5.75 Å². The number of aliphatic hydroxyl groups excluding tert-OH is 1. The van der Waals surface area contributed by atoms with Crippen LogP contribution in [0.15, 0.2) is 48.2 Å². The Labute approximate surface area is 184 Å². The zero-order valence-electron chi connectivity index (χ0n) is 17.7. The Balaban J connectivity index is 1.72. The molecular weight excluding hydrogens is 414 g/mol. The average molecular weight is 435 g/mol. The van der Waals surface area contributed by atoms with Crippen LogP contribution in [0.2, 0.25) is 0 Å². The lowest BCUT2D eigenvalue weighted by Crippen LogP contribution is -2.06. The fraction of sp³-hybridized carbons (Fsp3) is 0.174. The predicted octanol–water partition coefficient (Wildman–Crippen LogP) is 3.64. The molecule has 1 aromatic heterocycles. The maximum absolute atomic E-state index is 12.1. The summed E-state index contributed by atoms with van der Waals surface area (Å²) in [4.78, 5) is 19.3. The largest absolute Gasteiger partial charge is 0.507 e. The van der Waals surface area contributed by atoms with Gasteiger partial charge in [-0.3, -0.25) is 0 Å². The summed E-state index contributed by atoms with van der Waals surface area (Å²) in [6.07, 6.45) is 2.68. The molecule has 1 heterocycles. The summed E-state index contributed by atoms with van der Waals surface area (Å²) in [5, 5.41) is 19.7. The molecule has 0 saturated carbocycles. The minimum Gasteiger partial charge on any atom is -0.507 e. The number of aliphatic hydroxyl groups is 1. The van der Waals surface area contributed by atoms with Gasteiger partial charge in [-0.15, -0.1) is 0 Å². The Morgan fingerprint density at radius 1 is 1.16 bits per heavy atom. The number of hydrogen-bond donors (Lipinski definition) is 2. The van der Waals surface area contributed by atoms with E-state index in [0.29, 0.717) is 33.8 Å². The van der Waals surface area contributed by atoms with Gasteiger partial charge in [-0.05, 0) is 35.9 Å². The highest BCUT2D eigenvalue weighted by Crippen LogP contribution is 2.38.